The molecule has 144 valence electrons. The molecular weight excluding hydrogens is 456 g/mol. The van der Waals surface area contributed by atoms with Gasteiger partial charge in [-0.2, -0.15) is 9.41 Å². The molecule has 1 saturated heterocycles. The van der Waals surface area contributed by atoms with E-state index in [9.17, 15) is 18.5 Å². The normalized spacial score (nSPS) is 15.9. The highest BCUT2D eigenvalue weighted by molar-refractivity contribution is 9.11. The summed E-state index contributed by atoms with van der Waals surface area (Å²) in [7, 11) is -3.72. The molecule has 0 bridgehead atoms. The Labute approximate surface area is 169 Å². The minimum absolute atomic E-state index is 0.0791. The van der Waals surface area contributed by atoms with Gasteiger partial charge < -0.3 is 0 Å². The maximum atomic E-state index is 12.6. The molecule has 8 nitrogen and oxygen atoms in total. The first-order chi connectivity index (χ1) is 12.8. The number of hydrogen-bond donors (Lipinski definition) is 1. The fourth-order valence-electron chi connectivity index (χ4n) is 2.70. The zero-order valence-electron chi connectivity index (χ0n) is 14.4. The molecule has 0 aliphatic carbocycles. The molecule has 1 aliphatic rings. The quantitative estimate of drug-likeness (QED) is 0.387. The number of anilines is 1. The minimum Gasteiger partial charge on any atom is -0.271 e. The average molecular weight is 473 g/mol. The standard InChI is InChI=1S/C16H17BrN4O4S2/c1-11(15-6-7-16(17)26-15)18-19-13-5-4-12(10-14(13)21(22)23)27(24,25)20-8-2-3-9-20/h4-7,10,19H,2-3,8-9H2,1H3/b18-11+. The Morgan fingerprint density at radius 2 is 2.00 bits per heavy atom. The Bertz CT molecular complexity index is 998. The van der Waals surface area contributed by atoms with E-state index >= 15 is 0 Å². The van der Waals surface area contributed by atoms with Crippen molar-refractivity contribution in [2.45, 2.75) is 24.7 Å². The first-order valence-electron chi connectivity index (χ1n) is 8.13. The number of sulfonamides is 1. The van der Waals surface area contributed by atoms with Crippen molar-refractivity contribution < 1.29 is 13.3 Å². The highest BCUT2D eigenvalue weighted by Gasteiger charge is 2.29. The molecule has 27 heavy (non-hydrogen) atoms. The number of benzene rings is 1. The second-order valence-corrected chi connectivity index (χ2v) is 10.4. The molecule has 0 amide bonds. The number of nitro benzene ring substituents is 1. The number of halogens is 1. The second kappa shape index (κ2) is 8.05. The molecule has 3 rings (SSSR count). The van der Waals surface area contributed by atoms with Crippen molar-refractivity contribution in [3.05, 3.63) is 49.1 Å². The van der Waals surface area contributed by atoms with Crippen LogP contribution in [0.15, 0.2) is 44.1 Å². The summed E-state index contributed by atoms with van der Waals surface area (Å²) in [6.07, 6.45) is 1.60. The van der Waals surface area contributed by atoms with Crippen LogP contribution in [0, 0.1) is 10.1 Å². The zero-order chi connectivity index (χ0) is 19.6. The van der Waals surface area contributed by atoms with Gasteiger partial charge in [-0.3, -0.25) is 15.5 Å². The maximum Gasteiger partial charge on any atom is 0.295 e. The Morgan fingerprint density at radius 1 is 1.30 bits per heavy atom. The number of hydrogen-bond acceptors (Lipinski definition) is 7. The van der Waals surface area contributed by atoms with Crippen LogP contribution in [-0.2, 0) is 10.0 Å². The van der Waals surface area contributed by atoms with Crippen LogP contribution < -0.4 is 5.43 Å². The highest BCUT2D eigenvalue weighted by Crippen LogP contribution is 2.30. The van der Waals surface area contributed by atoms with Gasteiger partial charge in [0.25, 0.3) is 5.69 Å². The lowest BCUT2D eigenvalue weighted by atomic mass is 10.3. The minimum atomic E-state index is -3.72. The first-order valence-corrected chi connectivity index (χ1v) is 11.2. The van der Waals surface area contributed by atoms with Gasteiger partial charge in [0.15, 0.2) is 0 Å². The first kappa shape index (κ1) is 19.9. The maximum absolute atomic E-state index is 12.6. The summed E-state index contributed by atoms with van der Waals surface area (Å²) in [4.78, 5) is 11.7. The molecule has 1 aliphatic heterocycles. The van der Waals surface area contributed by atoms with E-state index in [4.69, 9.17) is 0 Å². The Balaban J connectivity index is 1.89. The van der Waals surface area contributed by atoms with Crippen LogP contribution in [0.5, 0.6) is 0 Å². The largest absolute Gasteiger partial charge is 0.295 e. The van der Waals surface area contributed by atoms with Crippen molar-refractivity contribution in [1.29, 1.82) is 0 Å². The van der Waals surface area contributed by atoms with Crippen LogP contribution >= 0.6 is 27.3 Å². The monoisotopic (exact) mass is 472 g/mol. The summed E-state index contributed by atoms with van der Waals surface area (Å²) in [5.74, 6) is 0. The van der Waals surface area contributed by atoms with Gasteiger partial charge in [-0.25, -0.2) is 8.42 Å². The van der Waals surface area contributed by atoms with E-state index in [1.54, 1.807) is 6.92 Å². The molecule has 1 aromatic carbocycles. The van der Waals surface area contributed by atoms with Crippen molar-refractivity contribution in [3.8, 4) is 0 Å². The van der Waals surface area contributed by atoms with Crippen molar-refractivity contribution in [2.24, 2.45) is 5.10 Å². The third-order valence-electron chi connectivity index (χ3n) is 4.14. The van der Waals surface area contributed by atoms with Gasteiger partial charge in [0.1, 0.15) is 5.69 Å². The number of thiophene rings is 1. The van der Waals surface area contributed by atoms with Crippen molar-refractivity contribution in [3.63, 3.8) is 0 Å². The van der Waals surface area contributed by atoms with E-state index in [0.717, 1.165) is 27.6 Å². The summed E-state index contributed by atoms with van der Waals surface area (Å²) >= 11 is 4.86. The molecule has 0 atom stereocenters. The van der Waals surface area contributed by atoms with Crippen LogP contribution in [0.4, 0.5) is 11.4 Å². The topological polar surface area (TPSA) is 105 Å². The van der Waals surface area contributed by atoms with Crippen LogP contribution in [0.2, 0.25) is 0 Å². The number of nitrogens with one attached hydrogen (secondary N) is 1. The molecule has 0 unspecified atom stereocenters. The van der Waals surface area contributed by atoms with Gasteiger partial charge in [0.2, 0.25) is 10.0 Å². The van der Waals surface area contributed by atoms with E-state index in [2.05, 4.69) is 26.5 Å². The lowest BCUT2D eigenvalue weighted by Gasteiger charge is -2.15. The summed E-state index contributed by atoms with van der Waals surface area (Å²) in [5, 5.41) is 15.6. The van der Waals surface area contributed by atoms with Crippen LogP contribution in [-0.4, -0.2) is 36.4 Å². The molecule has 11 heteroatoms. The third kappa shape index (κ3) is 4.37. The van der Waals surface area contributed by atoms with Gasteiger partial charge in [0.05, 0.1) is 24.2 Å². The third-order valence-corrected chi connectivity index (χ3v) is 7.77. The van der Waals surface area contributed by atoms with Gasteiger partial charge in [-0.1, -0.05) is 0 Å². The van der Waals surface area contributed by atoms with E-state index in [1.165, 1.54) is 27.8 Å². The lowest BCUT2D eigenvalue weighted by molar-refractivity contribution is -0.384. The van der Waals surface area contributed by atoms with Crippen molar-refractivity contribution >= 4 is 54.4 Å². The number of hydrazone groups is 1. The van der Waals surface area contributed by atoms with Crippen LogP contribution in [0.25, 0.3) is 0 Å². The predicted octanol–water partition coefficient (Wildman–Crippen LogP) is 4.04. The zero-order valence-corrected chi connectivity index (χ0v) is 17.6. The van der Waals surface area contributed by atoms with Gasteiger partial charge in [0, 0.05) is 19.2 Å². The smallest absolute Gasteiger partial charge is 0.271 e. The fourth-order valence-corrected chi connectivity index (χ4v) is 5.57. The Hall–Kier alpha value is -1.82. The molecule has 0 radical (unpaired) electrons. The predicted molar refractivity (Wildman–Crippen MR) is 109 cm³/mol. The summed E-state index contributed by atoms with van der Waals surface area (Å²) in [6, 6.07) is 7.61. The fraction of sp³-hybridized carbons (Fsp3) is 0.312. The van der Waals surface area contributed by atoms with E-state index < -0.39 is 14.9 Å². The number of nitro groups is 1. The highest BCUT2D eigenvalue weighted by atomic mass is 79.9. The van der Waals surface area contributed by atoms with Crippen LogP contribution in [0.1, 0.15) is 24.6 Å². The summed E-state index contributed by atoms with van der Waals surface area (Å²) in [5.41, 5.74) is 3.14. The molecule has 0 spiro atoms. The Kier molecular flexibility index (Phi) is 5.94. The molecule has 2 heterocycles. The van der Waals surface area contributed by atoms with E-state index in [-0.39, 0.29) is 16.3 Å². The second-order valence-electron chi connectivity index (χ2n) is 5.96. The molecular formula is C16H17BrN4O4S2. The number of nitrogens with zero attached hydrogens (tertiary/aromatic N) is 3. The Morgan fingerprint density at radius 3 is 2.59 bits per heavy atom. The van der Waals surface area contributed by atoms with Gasteiger partial charge in [-0.05, 0) is 60.0 Å². The van der Waals surface area contributed by atoms with Crippen LogP contribution in [0.3, 0.4) is 0 Å². The molecule has 1 N–H and O–H groups in total. The molecule has 1 fully saturated rings. The SMILES string of the molecule is C/C(=N\Nc1ccc(S(=O)(=O)N2CCCC2)cc1[N+](=O)[O-])c1ccc(Br)s1. The molecule has 0 saturated carbocycles. The average Bonchev–Trinajstić information content (AvgIpc) is 3.31. The van der Waals surface area contributed by atoms with E-state index in [1.807, 2.05) is 12.1 Å². The summed E-state index contributed by atoms with van der Waals surface area (Å²) < 4.78 is 27.6. The lowest BCUT2D eigenvalue weighted by Crippen LogP contribution is -2.27. The van der Waals surface area contributed by atoms with E-state index in [0.29, 0.717) is 18.8 Å². The van der Waals surface area contributed by atoms with Crippen molar-refractivity contribution in [2.75, 3.05) is 18.5 Å². The van der Waals surface area contributed by atoms with Gasteiger partial charge in [-0.15, -0.1) is 11.3 Å². The van der Waals surface area contributed by atoms with Crippen molar-refractivity contribution in [1.82, 2.24) is 4.31 Å². The molecule has 2 aromatic rings. The number of rotatable bonds is 6. The summed E-state index contributed by atoms with van der Waals surface area (Å²) in [6.45, 7) is 2.66. The molecule has 1 aromatic heterocycles. The van der Waals surface area contributed by atoms with Gasteiger partial charge >= 0.3 is 0 Å².